The van der Waals surface area contributed by atoms with Gasteiger partial charge in [-0.3, -0.25) is 0 Å². The van der Waals surface area contributed by atoms with Crippen molar-refractivity contribution in [3.63, 3.8) is 0 Å². The summed E-state index contributed by atoms with van der Waals surface area (Å²) < 4.78 is 5.42. The van der Waals surface area contributed by atoms with Crippen molar-refractivity contribution in [3.8, 4) is 5.75 Å². The number of hydrogen-bond donors (Lipinski definition) is 1. The smallest absolute Gasteiger partial charge is 0.172 e. The van der Waals surface area contributed by atoms with Crippen LogP contribution in [0.25, 0.3) is 11.0 Å². The van der Waals surface area contributed by atoms with Crippen molar-refractivity contribution in [2.45, 2.75) is 10.2 Å². The fraction of sp³-hybridized carbons (Fsp3) is 0.200. The van der Waals surface area contributed by atoms with E-state index in [0.717, 1.165) is 32.7 Å². The minimum Gasteiger partial charge on any atom is -0.494 e. The first kappa shape index (κ1) is 13.8. The van der Waals surface area contributed by atoms with Crippen molar-refractivity contribution in [2.75, 3.05) is 26.1 Å². The van der Waals surface area contributed by atoms with E-state index in [4.69, 9.17) is 4.74 Å². The van der Waals surface area contributed by atoms with Gasteiger partial charge < -0.3 is 14.6 Å². The molecule has 6 heteroatoms. The number of nitrogens with one attached hydrogen (secondary N) is 1. The molecule has 0 fully saturated rings. The number of benzene rings is 1. The Morgan fingerprint density at radius 1 is 1.19 bits per heavy atom. The largest absolute Gasteiger partial charge is 0.494 e. The molecule has 3 aromatic rings. The Labute approximate surface area is 127 Å². The Balaban J connectivity index is 2.01. The van der Waals surface area contributed by atoms with Crippen LogP contribution in [0.2, 0.25) is 0 Å². The predicted molar refractivity (Wildman–Crippen MR) is 85.3 cm³/mol. The number of pyridine rings is 1. The van der Waals surface area contributed by atoms with Crippen LogP contribution >= 0.6 is 11.8 Å². The third-order valence-electron chi connectivity index (χ3n) is 3.08. The second-order valence-corrected chi connectivity index (χ2v) is 5.70. The SMILES string of the molecule is COc1ccnc(Sc2nc3ccccc3[nH]2)c1N(C)C. The van der Waals surface area contributed by atoms with E-state index in [1.807, 2.05) is 49.3 Å². The van der Waals surface area contributed by atoms with Gasteiger partial charge in [0.1, 0.15) is 16.5 Å². The minimum absolute atomic E-state index is 0.800. The van der Waals surface area contributed by atoms with Gasteiger partial charge in [0.15, 0.2) is 5.16 Å². The maximum atomic E-state index is 5.42. The molecule has 1 N–H and O–H groups in total. The second-order valence-electron chi connectivity index (χ2n) is 4.72. The topological polar surface area (TPSA) is 54.0 Å². The average molecular weight is 300 g/mol. The number of ether oxygens (including phenoxy) is 1. The molecule has 0 amide bonds. The Hall–Kier alpha value is -2.21. The zero-order valence-electron chi connectivity index (χ0n) is 12.1. The van der Waals surface area contributed by atoms with E-state index >= 15 is 0 Å². The summed E-state index contributed by atoms with van der Waals surface area (Å²) in [7, 11) is 5.61. The fourth-order valence-corrected chi connectivity index (χ4v) is 3.12. The lowest BCUT2D eigenvalue weighted by atomic mass is 10.3. The average Bonchev–Trinajstić information content (AvgIpc) is 2.88. The summed E-state index contributed by atoms with van der Waals surface area (Å²) >= 11 is 1.50. The number of methoxy groups -OCH3 is 1. The van der Waals surface area contributed by atoms with Crippen LogP contribution in [0, 0.1) is 0 Å². The third kappa shape index (κ3) is 2.67. The molecule has 108 valence electrons. The lowest BCUT2D eigenvalue weighted by molar-refractivity contribution is 0.413. The minimum atomic E-state index is 0.800. The van der Waals surface area contributed by atoms with Gasteiger partial charge in [-0.2, -0.15) is 0 Å². The number of aromatic nitrogens is 3. The van der Waals surface area contributed by atoms with Gasteiger partial charge in [0.2, 0.25) is 0 Å². The number of rotatable bonds is 4. The van der Waals surface area contributed by atoms with Crippen molar-refractivity contribution in [1.29, 1.82) is 0 Å². The highest BCUT2D eigenvalue weighted by Gasteiger charge is 2.15. The summed E-state index contributed by atoms with van der Waals surface area (Å²) in [4.78, 5) is 14.3. The summed E-state index contributed by atoms with van der Waals surface area (Å²) in [5.74, 6) is 0.800. The monoisotopic (exact) mass is 300 g/mol. The number of imidazole rings is 1. The van der Waals surface area contributed by atoms with Crippen LogP contribution in [0.5, 0.6) is 5.75 Å². The van der Waals surface area contributed by atoms with Crippen molar-refractivity contribution in [3.05, 3.63) is 36.5 Å². The molecule has 21 heavy (non-hydrogen) atoms. The summed E-state index contributed by atoms with van der Waals surface area (Å²) in [6.45, 7) is 0. The van der Waals surface area contributed by atoms with Crippen LogP contribution in [0.4, 0.5) is 5.69 Å². The first-order valence-corrected chi connectivity index (χ1v) is 7.33. The van der Waals surface area contributed by atoms with Crippen LogP contribution in [0.3, 0.4) is 0 Å². The molecule has 0 bridgehead atoms. The van der Waals surface area contributed by atoms with E-state index in [2.05, 4.69) is 15.0 Å². The first-order chi connectivity index (χ1) is 10.2. The van der Waals surface area contributed by atoms with Crippen LogP contribution in [-0.2, 0) is 0 Å². The third-order valence-corrected chi connectivity index (χ3v) is 3.96. The van der Waals surface area contributed by atoms with E-state index in [9.17, 15) is 0 Å². The molecule has 0 aliphatic rings. The zero-order valence-corrected chi connectivity index (χ0v) is 12.9. The van der Waals surface area contributed by atoms with Crippen molar-refractivity contribution >= 4 is 28.5 Å². The van der Waals surface area contributed by atoms with Gasteiger partial charge in [0.25, 0.3) is 0 Å². The highest BCUT2D eigenvalue weighted by Crippen LogP contribution is 2.38. The van der Waals surface area contributed by atoms with Gasteiger partial charge >= 0.3 is 0 Å². The molecule has 0 aliphatic carbocycles. The van der Waals surface area contributed by atoms with E-state index < -0.39 is 0 Å². The maximum absolute atomic E-state index is 5.42. The normalized spacial score (nSPS) is 10.8. The molecule has 3 rings (SSSR count). The number of fused-ring (bicyclic) bond motifs is 1. The van der Waals surface area contributed by atoms with Crippen molar-refractivity contribution < 1.29 is 4.74 Å². The molecule has 0 saturated heterocycles. The molecule has 0 unspecified atom stereocenters. The first-order valence-electron chi connectivity index (χ1n) is 6.52. The van der Waals surface area contributed by atoms with Crippen LogP contribution in [-0.4, -0.2) is 36.2 Å². The molecule has 0 aliphatic heterocycles. The quantitative estimate of drug-likeness (QED) is 0.802. The van der Waals surface area contributed by atoms with Gasteiger partial charge in [-0.25, -0.2) is 9.97 Å². The molecule has 2 heterocycles. The Morgan fingerprint density at radius 3 is 2.71 bits per heavy atom. The van der Waals surface area contributed by atoms with Gasteiger partial charge in [0.05, 0.1) is 18.1 Å². The number of H-pyrrole nitrogens is 1. The maximum Gasteiger partial charge on any atom is 0.172 e. The van der Waals surface area contributed by atoms with Crippen molar-refractivity contribution in [1.82, 2.24) is 15.0 Å². The van der Waals surface area contributed by atoms with E-state index in [1.54, 1.807) is 13.3 Å². The zero-order chi connectivity index (χ0) is 14.8. The number of hydrogen-bond acceptors (Lipinski definition) is 5. The number of anilines is 1. The van der Waals surface area contributed by atoms with Crippen molar-refractivity contribution in [2.24, 2.45) is 0 Å². The molecule has 0 radical (unpaired) electrons. The molecule has 2 aromatic heterocycles. The van der Waals surface area contributed by atoms with Gasteiger partial charge in [-0.05, 0) is 23.9 Å². The van der Waals surface area contributed by atoms with E-state index in [-0.39, 0.29) is 0 Å². The summed E-state index contributed by atoms with van der Waals surface area (Å²) in [5.41, 5.74) is 2.93. The number of para-hydroxylation sites is 2. The van der Waals surface area contributed by atoms with E-state index in [0.29, 0.717) is 0 Å². The van der Waals surface area contributed by atoms with Crippen LogP contribution < -0.4 is 9.64 Å². The highest BCUT2D eigenvalue weighted by atomic mass is 32.2. The highest BCUT2D eigenvalue weighted by molar-refractivity contribution is 7.99. The van der Waals surface area contributed by atoms with Crippen LogP contribution in [0.1, 0.15) is 0 Å². The Bertz CT molecular complexity index is 736. The molecule has 0 atom stereocenters. The van der Waals surface area contributed by atoms with Gasteiger partial charge in [-0.1, -0.05) is 12.1 Å². The van der Waals surface area contributed by atoms with Crippen LogP contribution in [0.15, 0.2) is 46.7 Å². The lowest BCUT2D eigenvalue weighted by Gasteiger charge is -2.18. The number of nitrogens with zero attached hydrogens (tertiary/aromatic N) is 3. The fourth-order valence-electron chi connectivity index (χ4n) is 2.14. The molecule has 1 aromatic carbocycles. The molecule has 0 saturated carbocycles. The summed E-state index contributed by atoms with van der Waals surface area (Å²) in [5, 5.41) is 1.68. The molecular weight excluding hydrogens is 284 g/mol. The Kier molecular flexibility index (Phi) is 3.70. The predicted octanol–water partition coefficient (Wildman–Crippen LogP) is 3.18. The standard InChI is InChI=1S/C15H16N4OS/c1-19(2)13-12(20-3)8-9-16-14(13)21-15-17-10-6-4-5-7-11(10)18-15/h4-9H,1-3H3,(H,17,18). The summed E-state index contributed by atoms with van der Waals surface area (Å²) in [6.07, 6.45) is 1.75. The Morgan fingerprint density at radius 2 is 2.00 bits per heavy atom. The molecule has 0 spiro atoms. The lowest BCUT2D eigenvalue weighted by Crippen LogP contribution is -2.12. The molecule has 5 nitrogen and oxygen atoms in total. The second kappa shape index (κ2) is 5.65. The summed E-state index contributed by atoms with van der Waals surface area (Å²) in [6, 6.07) is 9.83. The number of aromatic amines is 1. The van der Waals surface area contributed by atoms with E-state index in [1.165, 1.54) is 11.8 Å². The molecular formula is C15H16N4OS. The van der Waals surface area contributed by atoms with Gasteiger partial charge in [-0.15, -0.1) is 0 Å². The van der Waals surface area contributed by atoms with Gasteiger partial charge in [0, 0.05) is 26.4 Å².